The average Bonchev–Trinajstić information content (AvgIpc) is 2.47. The van der Waals surface area contributed by atoms with Gasteiger partial charge in [-0.15, -0.1) is 11.8 Å². The van der Waals surface area contributed by atoms with Gasteiger partial charge in [0.2, 0.25) is 5.91 Å². The molecule has 0 bridgehead atoms. The molecule has 2 nitrogen and oxygen atoms in total. The zero-order valence-corrected chi connectivity index (χ0v) is 13.8. The van der Waals surface area contributed by atoms with E-state index in [2.05, 4.69) is 5.32 Å². The molecule has 1 N–H and O–H groups in total. The molecule has 2 aromatic carbocycles. The highest BCUT2D eigenvalue weighted by Gasteiger charge is 2.17. The van der Waals surface area contributed by atoms with Crippen LogP contribution in [0.2, 0.25) is 10.0 Å². The van der Waals surface area contributed by atoms with E-state index in [-0.39, 0.29) is 11.2 Å². The van der Waals surface area contributed by atoms with E-state index in [0.717, 1.165) is 11.1 Å². The third kappa shape index (κ3) is 4.67. The number of carbonyl (C=O) groups excluding carboxylic acids is 1. The molecule has 1 amide bonds. The summed E-state index contributed by atoms with van der Waals surface area (Å²) in [5.41, 5.74) is 2.11. The maximum atomic E-state index is 11.5. The molecule has 0 saturated carbocycles. The third-order valence-electron chi connectivity index (χ3n) is 2.96. The van der Waals surface area contributed by atoms with Gasteiger partial charge in [-0.05, 0) is 35.4 Å². The van der Waals surface area contributed by atoms with E-state index in [1.54, 1.807) is 18.8 Å². The van der Waals surface area contributed by atoms with Crippen LogP contribution in [0.1, 0.15) is 16.4 Å². The maximum Gasteiger partial charge on any atom is 0.229 e. The quantitative estimate of drug-likeness (QED) is 0.864. The summed E-state index contributed by atoms with van der Waals surface area (Å²) in [6.45, 7) is 0. The molecule has 0 aromatic heterocycles. The molecule has 5 heteroatoms. The van der Waals surface area contributed by atoms with Crippen LogP contribution in [0.4, 0.5) is 0 Å². The zero-order chi connectivity index (χ0) is 15.2. The van der Waals surface area contributed by atoms with Crippen molar-refractivity contribution in [2.24, 2.45) is 0 Å². The molecule has 0 unspecified atom stereocenters. The van der Waals surface area contributed by atoms with Crippen molar-refractivity contribution in [2.45, 2.75) is 5.25 Å². The van der Waals surface area contributed by atoms with E-state index in [1.807, 2.05) is 48.5 Å². The second kappa shape index (κ2) is 7.74. The molecule has 0 aliphatic rings. The highest BCUT2D eigenvalue weighted by Crippen LogP contribution is 2.37. The van der Waals surface area contributed by atoms with Crippen molar-refractivity contribution in [3.8, 4) is 0 Å². The van der Waals surface area contributed by atoms with E-state index in [1.165, 1.54) is 0 Å². The van der Waals surface area contributed by atoms with Gasteiger partial charge in [0, 0.05) is 17.1 Å². The number of thioether (sulfide) groups is 1. The van der Waals surface area contributed by atoms with Crippen LogP contribution in [0.5, 0.6) is 0 Å². The molecule has 0 fully saturated rings. The van der Waals surface area contributed by atoms with Crippen molar-refractivity contribution in [2.75, 3.05) is 12.8 Å². The van der Waals surface area contributed by atoms with E-state index >= 15 is 0 Å². The van der Waals surface area contributed by atoms with E-state index in [0.29, 0.717) is 15.8 Å². The van der Waals surface area contributed by atoms with Gasteiger partial charge in [0.05, 0.1) is 11.0 Å². The fourth-order valence-corrected chi connectivity index (χ4v) is 3.49. The number of halogens is 2. The standard InChI is InChI=1S/C16H15Cl2NOS/c1-19-15(20)10-21-16(11-4-2-6-13(17)8-11)12-5-3-7-14(18)9-12/h2-9,16H,10H2,1H3,(H,19,20). The molecule has 0 saturated heterocycles. The van der Waals surface area contributed by atoms with Gasteiger partial charge in [0.1, 0.15) is 0 Å². The predicted octanol–water partition coefficient (Wildman–Crippen LogP) is 4.56. The number of nitrogens with one attached hydrogen (secondary N) is 1. The van der Waals surface area contributed by atoms with Crippen LogP contribution in [0.25, 0.3) is 0 Å². The monoisotopic (exact) mass is 339 g/mol. The summed E-state index contributed by atoms with van der Waals surface area (Å²) >= 11 is 13.7. The molecule has 0 radical (unpaired) electrons. The Morgan fingerprint density at radius 2 is 1.62 bits per heavy atom. The highest BCUT2D eigenvalue weighted by atomic mass is 35.5. The lowest BCUT2D eigenvalue weighted by atomic mass is 10.0. The topological polar surface area (TPSA) is 29.1 Å². The smallest absolute Gasteiger partial charge is 0.229 e. The van der Waals surface area contributed by atoms with Crippen molar-refractivity contribution in [1.29, 1.82) is 0 Å². The van der Waals surface area contributed by atoms with Gasteiger partial charge in [0.15, 0.2) is 0 Å². The highest BCUT2D eigenvalue weighted by molar-refractivity contribution is 8.00. The second-order valence-electron chi connectivity index (χ2n) is 4.47. The van der Waals surface area contributed by atoms with Gasteiger partial charge in [0.25, 0.3) is 0 Å². The van der Waals surface area contributed by atoms with Crippen molar-refractivity contribution >= 4 is 40.9 Å². The Labute approximate surface area is 138 Å². The molecule has 21 heavy (non-hydrogen) atoms. The minimum atomic E-state index is -0.00550. The van der Waals surface area contributed by atoms with Crippen LogP contribution in [0, 0.1) is 0 Å². The summed E-state index contributed by atoms with van der Waals surface area (Å²) in [6, 6.07) is 15.4. The molecule has 0 heterocycles. The lowest BCUT2D eigenvalue weighted by Crippen LogP contribution is -2.20. The van der Waals surface area contributed by atoms with Gasteiger partial charge < -0.3 is 5.32 Å². The zero-order valence-electron chi connectivity index (χ0n) is 11.5. The largest absolute Gasteiger partial charge is 0.358 e. The van der Waals surface area contributed by atoms with Crippen molar-refractivity contribution < 1.29 is 4.79 Å². The first-order valence-corrected chi connectivity index (χ1v) is 8.23. The van der Waals surface area contributed by atoms with Crippen molar-refractivity contribution in [3.05, 3.63) is 69.7 Å². The van der Waals surface area contributed by atoms with E-state index in [9.17, 15) is 4.79 Å². The fourth-order valence-electron chi connectivity index (χ4n) is 1.96. The molecule has 2 rings (SSSR count). The Morgan fingerprint density at radius 3 is 2.05 bits per heavy atom. The van der Waals surface area contributed by atoms with Gasteiger partial charge in [-0.3, -0.25) is 4.79 Å². The number of carbonyl (C=O) groups is 1. The van der Waals surface area contributed by atoms with Crippen LogP contribution in [-0.2, 0) is 4.79 Å². The Bertz CT molecular complexity index is 588. The number of rotatable bonds is 5. The predicted molar refractivity (Wildman–Crippen MR) is 91.3 cm³/mol. The van der Waals surface area contributed by atoms with Gasteiger partial charge in [-0.1, -0.05) is 47.5 Å². The van der Waals surface area contributed by atoms with Gasteiger partial charge in [-0.25, -0.2) is 0 Å². The van der Waals surface area contributed by atoms with Gasteiger partial charge >= 0.3 is 0 Å². The Kier molecular flexibility index (Phi) is 5.97. The number of amides is 1. The van der Waals surface area contributed by atoms with Crippen molar-refractivity contribution in [3.63, 3.8) is 0 Å². The first-order chi connectivity index (χ1) is 10.1. The minimum Gasteiger partial charge on any atom is -0.358 e. The molecule has 2 aromatic rings. The Balaban J connectivity index is 2.32. The summed E-state index contributed by atoms with van der Waals surface area (Å²) in [5.74, 6) is 0.370. The number of benzene rings is 2. The molecule has 0 aliphatic carbocycles. The number of hydrogen-bond acceptors (Lipinski definition) is 2. The molecule has 110 valence electrons. The van der Waals surface area contributed by atoms with Crippen molar-refractivity contribution in [1.82, 2.24) is 5.32 Å². The maximum absolute atomic E-state index is 11.5. The fraction of sp³-hybridized carbons (Fsp3) is 0.188. The summed E-state index contributed by atoms with van der Waals surface area (Å²) in [4.78, 5) is 11.5. The lowest BCUT2D eigenvalue weighted by Gasteiger charge is -2.18. The van der Waals surface area contributed by atoms with Crippen LogP contribution in [0.3, 0.4) is 0 Å². The van der Waals surface area contributed by atoms with Crippen LogP contribution in [0.15, 0.2) is 48.5 Å². The normalized spacial score (nSPS) is 10.7. The first-order valence-electron chi connectivity index (χ1n) is 6.43. The molecular formula is C16H15Cl2NOS. The van der Waals surface area contributed by atoms with Gasteiger partial charge in [-0.2, -0.15) is 0 Å². The summed E-state index contributed by atoms with van der Waals surface area (Å²) < 4.78 is 0. The minimum absolute atomic E-state index is 0.00550. The third-order valence-corrected chi connectivity index (χ3v) is 4.74. The van der Waals surface area contributed by atoms with Crippen LogP contribution in [-0.4, -0.2) is 18.7 Å². The summed E-state index contributed by atoms with van der Waals surface area (Å²) in [6.07, 6.45) is 0. The summed E-state index contributed by atoms with van der Waals surface area (Å²) in [7, 11) is 1.64. The van der Waals surface area contributed by atoms with Crippen LogP contribution < -0.4 is 5.32 Å². The average molecular weight is 340 g/mol. The molecule has 0 atom stereocenters. The number of hydrogen-bond donors (Lipinski definition) is 1. The molecule has 0 spiro atoms. The van der Waals surface area contributed by atoms with E-state index in [4.69, 9.17) is 23.2 Å². The summed E-state index contributed by atoms with van der Waals surface area (Å²) in [5, 5.41) is 4.01. The molecule has 0 aliphatic heterocycles. The Hall–Kier alpha value is -1.16. The second-order valence-corrected chi connectivity index (χ2v) is 6.44. The Morgan fingerprint density at radius 1 is 1.10 bits per heavy atom. The SMILES string of the molecule is CNC(=O)CSC(c1cccc(Cl)c1)c1cccc(Cl)c1. The lowest BCUT2D eigenvalue weighted by molar-refractivity contribution is -0.118. The van der Waals surface area contributed by atoms with Crippen LogP contribution >= 0.6 is 35.0 Å². The first kappa shape index (κ1) is 16.2. The molecular weight excluding hydrogens is 325 g/mol. The van der Waals surface area contributed by atoms with E-state index < -0.39 is 0 Å².